The lowest BCUT2D eigenvalue weighted by molar-refractivity contribution is -0.244. The minimum atomic E-state index is -1.79. The molecule has 0 bridgehead atoms. The smallest absolute Gasteiger partial charge is 0.168 e. The molecule has 3 aliphatic carbocycles. The molecule has 1 heterocycles. The molecule has 4 aliphatic rings. The van der Waals surface area contributed by atoms with Crippen molar-refractivity contribution < 1.29 is 9.47 Å². The second-order valence-electron chi connectivity index (χ2n) is 13.3. The fourth-order valence-corrected chi connectivity index (χ4v) is 12.8. The number of hydrogen-bond acceptors (Lipinski definition) is 2. The van der Waals surface area contributed by atoms with Crippen LogP contribution in [0.2, 0.25) is 36.3 Å². The van der Waals surface area contributed by atoms with E-state index in [2.05, 4.69) is 96.3 Å². The van der Waals surface area contributed by atoms with E-state index in [9.17, 15) is 0 Å². The predicted molar refractivity (Wildman–Crippen MR) is 149 cm³/mol. The number of ether oxygens (including phenoxy) is 2. The summed E-state index contributed by atoms with van der Waals surface area (Å²) < 4.78 is 13.3. The van der Waals surface area contributed by atoms with Crippen molar-refractivity contribution in [2.75, 3.05) is 13.2 Å². The van der Waals surface area contributed by atoms with E-state index in [1.807, 2.05) is 0 Å². The molecular formula is C30H46O2Si2. The van der Waals surface area contributed by atoms with Crippen molar-refractivity contribution in [3.63, 3.8) is 0 Å². The first kappa shape index (κ1) is 26.0. The molecule has 0 aromatic carbocycles. The summed E-state index contributed by atoms with van der Waals surface area (Å²) in [6.45, 7) is 22.7. The molecule has 2 unspecified atom stereocenters. The Balaban J connectivity index is 1.72. The van der Waals surface area contributed by atoms with Gasteiger partial charge in [-0.2, -0.15) is 0 Å². The second-order valence-corrected chi connectivity index (χ2v) is 23.6. The average Bonchev–Trinajstić information content (AvgIpc) is 2.79. The summed E-state index contributed by atoms with van der Waals surface area (Å²) in [4.78, 5) is 0. The van der Waals surface area contributed by atoms with Crippen LogP contribution in [0.1, 0.15) is 73.6 Å². The van der Waals surface area contributed by atoms with Crippen molar-refractivity contribution in [3.8, 4) is 22.9 Å². The van der Waals surface area contributed by atoms with Crippen molar-refractivity contribution >= 4 is 16.1 Å². The highest BCUT2D eigenvalue weighted by Gasteiger charge is 2.69. The number of rotatable bonds is 3. The molecule has 186 valence electrons. The molecule has 34 heavy (non-hydrogen) atoms. The lowest BCUT2D eigenvalue weighted by Crippen LogP contribution is -2.60. The molecule has 4 rings (SSSR count). The maximum atomic E-state index is 6.68. The Bertz CT molecular complexity index is 977. The van der Waals surface area contributed by atoms with Gasteiger partial charge in [-0.1, -0.05) is 91.6 Å². The molecule has 2 fully saturated rings. The summed E-state index contributed by atoms with van der Waals surface area (Å²) in [6, 6.07) is 0. The third-order valence-corrected chi connectivity index (χ3v) is 16.3. The van der Waals surface area contributed by atoms with E-state index >= 15 is 0 Å². The molecule has 2 nitrogen and oxygen atoms in total. The minimum Gasteiger partial charge on any atom is -0.349 e. The lowest BCUT2D eigenvalue weighted by Gasteiger charge is -2.60. The maximum Gasteiger partial charge on any atom is 0.168 e. The average molecular weight is 495 g/mol. The maximum absolute atomic E-state index is 6.68. The fraction of sp³-hybridized carbons (Fsp3) is 0.733. The van der Waals surface area contributed by atoms with E-state index in [1.54, 1.807) is 0 Å². The van der Waals surface area contributed by atoms with Crippen LogP contribution < -0.4 is 0 Å². The summed E-state index contributed by atoms with van der Waals surface area (Å²) in [5.41, 5.74) is 11.7. The molecule has 0 aromatic heterocycles. The van der Waals surface area contributed by atoms with Crippen LogP contribution in [0.3, 0.4) is 0 Å². The Hall–Kier alpha value is -1.05. The van der Waals surface area contributed by atoms with Gasteiger partial charge in [0.15, 0.2) is 5.79 Å². The highest BCUT2D eigenvalue weighted by Crippen LogP contribution is 2.69. The zero-order valence-corrected chi connectivity index (χ0v) is 25.2. The van der Waals surface area contributed by atoms with E-state index in [4.69, 9.17) is 9.47 Å². The molecule has 1 saturated heterocycles. The molecule has 0 radical (unpaired) electrons. The zero-order chi connectivity index (χ0) is 25.0. The van der Waals surface area contributed by atoms with Crippen molar-refractivity contribution in [2.24, 2.45) is 10.8 Å². The van der Waals surface area contributed by atoms with Gasteiger partial charge in [0.25, 0.3) is 0 Å². The molecule has 4 heteroatoms. The van der Waals surface area contributed by atoms with Gasteiger partial charge >= 0.3 is 0 Å². The Morgan fingerprint density at radius 3 is 1.56 bits per heavy atom. The van der Waals surface area contributed by atoms with Crippen LogP contribution in [0.4, 0.5) is 0 Å². The summed E-state index contributed by atoms with van der Waals surface area (Å²) in [6.07, 6.45) is 10.5. The first-order valence-electron chi connectivity index (χ1n) is 13.6. The largest absolute Gasteiger partial charge is 0.349 e. The van der Waals surface area contributed by atoms with Gasteiger partial charge in [0.1, 0.15) is 16.1 Å². The third kappa shape index (κ3) is 3.94. The molecular weight excluding hydrogens is 449 g/mol. The fourth-order valence-electron chi connectivity index (χ4n) is 7.06. The molecule has 2 atom stereocenters. The van der Waals surface area contributed by atoms with Crippen LogP contribution in [0.15, 0.2) is 23.3 Å². The third-order valence-electron chi connectivity index (χ3n) is 9.13. The van der Waals surface area contributed by atoms with Crippen molar-refractivity contribution in [1.82, 2.24) is 0 Å². The van der Waals surface area contributed by atoms with E-state index in [0.29, 0.717) is 29.8 Å². The normalized spacial score (nSPS) is 30.0. The Labute approximate surface area is 211 Å². The second kappa shape index (κ2) is 8.81. The Kier molecular flexibility index (Phi) is 6.74. The van der Waals surface area contributed by atoms with Gasteiger partial charge in [0.05, 0.1) is 24.0 Å². The van der Waals surface area contributed by atoms with Crippen LogP contribution in [0.25, 0.3) is 0 Å². The van der Waals surface area contributed by atoms with Crippen molar-refractivity contribution in [2.45, 2.75) is 116 Å². The van der Waals surface area contributed by atoms with Crippen molar-refractivity contribution in [3.05, 3.63) is 23.3 Å². The lowest BCUT2D eigenvalue weighted by atomic mass is 9.41. The number of hydrogen-bond donors (Lipinski definition) is 0. The predicted octanol–water partition coefficient (Wildman–Crippen LogP) is 7.65. The van der Waals surface area contributed by atoms with Gasteiger partial charge in [-0.15, -0.1) is 11.1 Å². The summed E-state index contributed by atoms with van der Waals surface area (Å²) in [5, 5.41) is 0. The van der Waals surface area contributed by atoms with E-state index in [1.165, 1.54) is 30.4 Å². The van der Waals surface area contributed by atoms with Gasteiger partial charge in [-0.3, -0.25) is 0 Å². The molecule has 1 spiro atoms. The van der Waals surface area contributed by atoms with E-state index < -0.39 is 21.9 Å². The Morgan fingerprint density at radius 1 is 0.706 bits per heavy atom. The molecule has 0 amide bonds. The van der Waals surface area contributed by atoms with Crippen LogP contribution in [-0.2, 0) is 9.47 Å². The topological polar surface area (TPSA) is 18.5 Å². The minimum absolute atomic E-state index is 0.137. The van der Waals surface area contributed by atoms with Crippen LogP contribution >= 0.6 is 0 Å². The van der Waals surface area contributed by atoms with Crippen molar-refractivity contribution in [1.29, 1.82) is 0 Å². The van der Waals surface area contributed by atoms with E-state index in [-0.39, 0.29) is 10.8 Å². The molecule has 1 saturated carbocycles. The first-order chi connectivity index (χ1) is 15.8. The highest BCUT2D eigenvalue weighted by molar-refractivity contribution is 6.90. The highest BCUT2D eigenvalue weighted by atomic mass is 28.3. The summed E-state index contributed by atoms with van der Waals surface area (Å²) >= 11 is 0. The SMILES string of the molecule is CC(C)[Si](C#CC1=CC23COC4(CCCCC4)OCC12C=C3C#C[Si](C)(C)C)(C(C)C)C(C)C. The first-order valence-corrected chi connectivity index (χ1v) is 19.4. The van der Waals surface area contributed by atoms with Gasteiger partial charge < -0.3 is 9.47 Å². The van der Waals surface area contributed by atoms with Gasteiger partial charge in [-0.05, 0) is 29.5 Å². The van der Waals surface area contributed by atoms with Gasteiger partial charge in [-0.25, -0.2) is 0 Å². The Morgan fingerprint density at radius 2 is 1.15 bits per heavy atom. The van der Waals surface area contributed by atoms with E-state index in [0.717, 1.165) is 12.8 Å². The quantitative estimate of drug-likeness (QED) is 0.296. The standard InChI is InChI=1S/C30H46O2Si2/c1-23(2)34(24(3)4,25(5)6)18-14-27-20-28-21-31-30(15-11-10-12-16-30)32-22-29(27,28)19-26(28)13-17-33(7,8)9/h19-20,23-25H,10-12,15-16,21-22H2,1-9H3. The summed E-state index contributed by atoms with van der Waals surface area (Å²) in [5.74, 6) is 6.98. The van der Waals surface area contributed by atoms with Crippen LogP contribution in [0, 0.1) is 33.8 Å². The zero-order valence-electron chi connectivity index (χ0n) is 23.2. The molecule has 0 N–H and O–H groups in total. The van der Waals surface area contributed by atoms with Gasteiger partial charge in [0, 0.05) is 24.0 Å². The summed E-state index contributed by atoms with van der Waals surface area (Å²) in [7, 11) is -3.24. The molecule has 0 aromatic rings. The monoisotopic (exact) mass is 494 g/mol. The van der Waals surface area contributed by atoms with Crippen LogP contribution in [0.5, 0.6) is 0 Å². The van der Waals surface area contributed by atoms with Gasteiger partial charge in [0.2, 0.25) is 0 Å². The molecule has 1 aliphatic heterocycles. The van der Waals surface area contributed by atoms with Crippen LogP contribution in [-0.4, -0.2) is 35.1 Å².